The van der Waals surface area contributed by atoms with Gasteiger partial charge in [-0.25, -0.2) is 9.31 Å². The first kappa shape index (κ1) is 12.3. The van der Waals surface area contributed by atoms with Crippen LogP contribution in [0.3, 0.4) is 0 Å². The molecule has 102 valence electrons. The summed E-state index contributed by atoms with van der Waals surface area (Å²) in [6.07, 6.45) is 2.38. The summed E-state index contributed by atoms with van der Waals surface area (Å²) in [4.78, 5) is 33.8. The van der Waals surface area contributed by atoms with Crippen molar-refractivity contribution in [3.63, 3.8) is 0 Å². The number of fused-ring (bicyclic) bond motifs is 1. The van der Waals surface area contributed by atoms with Crippen molar-refractivity contribution < 1.29 is 19.5 Å². The molecule has 1 saturated heterocycles. The van der Waals surface area contributed by atoms with E-state index in [1.54, 1.807) is 18.3 Å². The lowest BCUT2D eigenvalue weighted by Gasteiger charge is -2.21. The highest BCUT2D eigenvalue weighted by atomic mass is 16.4. The molecule has 20 heavy (non-hydrogen) atoms. The Labute approximate surface area is 113 Å². The molecule has 0 aliphatic carbocycles. The predicted molar refractivity (Wildman–Crippen MR) is 67.3 cm³/mol. The number of imide groups is 1. The van der Waals surface area contributed by atoms with E-state index >= 15 is 0 Å². The van der Waals surface area contributed by atoms with E-state index in [0.29, 0.717) is 18.4 Å². The molecule has 7 heteroatoms. The van der Waals surface area contributed by atoms with E-state index in [1.165, 1.54) is 10.6 Å². The minimum atomic E-state index is -1.10. The number of carbonyl (C=O) groups excluding carboxylic acids is 2. The molecule has 1 unspecified atom stereocenters. The number of piperidine rings is 1. The summed E-state index contributed by atoms with van der Waals surface area (Å²) in [5.41, 5.74) is 1.30. The van der Waals surface area contributed by atoms with Crippen molar-refractivity contribution in [3.05, 3.63) is 35.7 Å². The number of amides is 2. The van der Waals surface area contributed by atoms with Crippen LogP contribution in [0, 0.1) is 0 Å². The average molecular weight is 273 g/mol. The molecule has 2 aromatic heterocycles. The van der Waals surface area contributed by atoms with Crippen molar-refractivity contribution in [2.75, 3.05) is 0 Å². The minimum absolute atomic E-state index is 0.0505. The van der Waals surface area contributed by atoms with Crippen LogP contribution in [0.5, 0.6) is 0 Å². The summed E-state index contributed by atoms with van der Waals surface area (Å²) < 4.78 is 1.44. The maximum atomic E-state index is 11.8. The Morgan fingerprint density at radius 2 is 2.20 bits per heavy atom. The van der Waals surface area contributed by atoms with Crippen LogP contribution in [-0.2, 0) is 9.59 Å². The fourth-order valence-electron chi connectivity index (χ4n) is 2.34. The number of nitrogens with zero attached hydrogens (tertiary/aromatic N) is 2. The highest BCUT2D eigenvalue weighted by Gasteiger charge is 2.28. The van der Waals surface area contributed by atoms with Crippen LogP contribution in [0.4, 0.5) is 0 Å². The Balaban J connectivity index is 1.98. The average Bonchev–Trinajstić information content (AvgIpc) is 2.81. The molecule has 0 aromatic carbocycles. The second kappa shape index (κ2) is 4.44. The van der Waals surface area contributed by atoms with Crippen molar-refractivity contribution in [1.29, 1.82) is 0 Å². The molecular weight excluding hydrogens is 262 g/mol. The fourth-order valence-corrected chi connectivity index (χ4v) is 2.34. The van der Waals surface area contributed by atoms with Gasteiger partial charge in [0.15, 0.2) is 5.69 Å². The molecule has 1 aliphatic heterocycles. The van der Waals surface area contributed by atoms with Crippen LogP contribution in [0.25, 0.3) is 5.52 Å². The highest BCUT2D eigenvalue weighted by Crippen LogP contribution is 2.25. The van der Waals surface area contributed by atoms with Gasteiger partial charge >= 0.3 is 5.97 Å². The van der Waals surface area contributed by atoms with E-state index in [2.05, 4.69) is 10.4 Å². The van der Waals surface area contributed by atoms with E-state index in [-0.39, 0.29) is 23.4 Å². The number of aromatic carboxylic acids is 1. The van der Waals surface area contributed by atoms with Crippen molar-refractivity contribution in [2.24, 2.45) is 0 Å². The highest BCUT2D eigenvalue weighted by molar-refractivity contribution is 6.01. The number of pyridine rings is 1. The van der Waals surface area contributed by atoms with Crippen LogP contribution >= 0.6 is 0 Å². The standard InChI is InChI=1S/C13H11N3O4/c17-11-2-1-9(12(18)14-11)7-3-4-16-8(5-7)6-10(15-16)13(19)20/h3-6,9H,1-2H2,(H,19,20)(H,14,17,18). The lowest BCUT2D eigenvalue weighted by molar-refractivity contribution is -0.134. The van der Waals surface area contributed by atoms with Crippen LogP contribution < -0.4 is 5.32 Å². The number of hydrogen-bond acceptors (Lipinski definition) is 4. The second-order valence-electron chi connectivity index (χ2n) is 4.67. The van der Waals surface area contributed by atoms with Crippen molar-refractivity contribution in [3.8, 4) is 0 Å². The van der Waals surface area contributed by atoms with Crippen LogP contribution in [-0.4, -0.2) is 32.5 Å². The van der Waals surface area contributed by atoms with Crippen molar-refractivity contribution >= 4 is 23.3 Å². The first-order valence-corrected chi connectivity index (χ1v) is 6.11. The Bertz CT molecular complexity index is 734. The predicted octanol–water partition coefficient (Wildman–Crippen LogP) is 0.553. The lowest BCUT2D eigenvalue weighted by Crippen LogP contribution is -2.39. The van der Waals surface area contributed by atoms with Gasteiger partial charge in [-0.2, -0.15) is 5.10 Å². The summed E-state index contributed by atoms with van der Waals surface area (Å²) in [6, 6.07) is 4.88. The molecule has 0 spiro atoms. The zero-order valence-corrected chi connectivity index (χ0v) is 10.4. The monoisotopic (exact) mass is 273 g/mol. The summed E-state index contributed by atoms with van der Waals surface area (Å²) in [5, 5.41) is 15.1. The van der Waals surface area contributed by atoms with Crippen LogP contribution in [0.2, 0.25) is 0 Å². The third-order valence-corrected chi connectivity index (χ3v) is 3.35. The number of carbonyl (C=O) groups is 3. The quantitative estimate of drug-likeness (QED) is 0.778. The number of carboxylic acid groups (broad SMARTS) is 1. The summed E-state index contributed by atoms with van der Waals surface area (Å²) in [6.45, 7) is 0. The van der Waals surface area contributed by atoms with Gasteiger partial charge in [-0.3, -0.25) is 14.9 Å². The largest absolute Gasteiger partial charge is 0.476 e. The molecule has 2 N–H and O–H groups in total. The second-order valence-corrected chi connectivity index (χ2v) is 4.67. The summed E-state index contributed by atoms with van der Waals surface area (Å²) >= 11 is 0. The molecule has 1 atom stereocenters. The maximum absolute atomic E-state index is 11.8. The lowest BCUT2D eigenvalue weighted by atomic mass is 9.91. The van der Waals surface area contributed by atoms with Gasteiger partial charge in [0.1, 0.15) is 0 Å². The third kappa shape index (κ3) is 2.03. The first-order chi connectivity index (χ1) is 9.54. The molecule has 3 rings (SSSR count). The van der Waals surface area contributed by atoms with E-state index < -0.39 is 5.97 Å². The number of carboxylic acids is 1. The Hall–Kier alpha value is -2.70. The van der Waals surface area contributed by atoms with E-state index in [1.807, 2.05) is 0 Å². The Morgan fingerprint density at radius 1 is 1.40 bits per heavy atom. The number of aromatic nitrogens is 2. The molecule has 2 amide bonds. The molecule has 0 radical (unpaired) electrons. The van der Waals surface area contributed by atoms with E-state index in [9.17, 15) is 14.4 Å². The topological polar surface area (TPSA) is 101 Å². The molecule has 0 saturated carbocycles. The Kier molecular flexibility index (Phi) is 2.74. The van der Waals surface area contributed by atoms with Crippen molar-refractivity contribution in [1.82, 2.24) is 14.9 Å². The maximum Gasteiger partial charge on any atom is 0.356 e. The van der Waals surface area contributed by atoms with E-state index in [0.717, 1.165) is 5.56 Å². The smallest absolute Gasteiger partial charge is 0.356 e. The SMILES string of the molecule is O=C1CCC(c2ccn3nc(C(=O)O)cc3c2)C(=O)N1. The number of rotatable bonds is 2. The minimum Gasteiger partial charge on any atom is -0.476 e. The normalized spacial score (nSPS) is 19.1. The molecule has 1 aliphatic rings. The fraction of sp³-hybridized carbons (Fsp3) is 0.231. The number of nitrogens with one attached hydrogen (secondary N) is 1. The van der Waals surface area contributed by atoms with Gasteiger partial charge in [0.25, 0.3) is 0 Å². The summed E-state index contributed by atoms with van der Waals surface area (Å²) in [5.74, 6) is -2.06. The summed E-state index contributed by atoms with van der Waals surface area (Å²) in [7, 11) is 0. The van der Waals surface area contributed by atoms with Gasteiger partial charge in [-0.15, -0.1) is 0 Å². The number of hydrogen-bond donors (Lipinski definition) is 2. The van der Waals surface area contributed by atoms with Gasteiger partial charge in [-0.05, 0) is 30.2 Å². The Morgan fingerprint density at radius 3 is 2.90 bits per heavy atom. The molecule has 7 nitrogen and oxygen atoms in total. The zero-order valence-electron chi connectivity index (χ0n) is 10.4. The first-order valence-electron chi connectivity index (χ1n) is 6.11. The van der Waals surface area contributed by atoms with Crippen LogP contribution in [0.15, 0.2) is 24.4 Å². The molecule has 0 bridgehead atoms. The van der Waals surface area contributed by atoms with Gasteiger partial charge in [0.2, 0.25) is 11.8 Å². The van der Waals surface area contributed by atoms with Gasteiger partial charge in [-0.1, -0.05) is 0 Å². The third-order valence-electron chi connectivity index (χ3n) is 3.35. The zero-order chi connectivity index (χ0) is 14.3. The molecule has 3 heterocycles. The van der Waals surface area contributed by atoms with Gasteiger partial charge in [0.05, 0.1) is 11.4 Å². The van der Waals surface area contributed by atoms with Crippen LogP contribution in [0.1, 0.15) is 34.8 Å². The van der Waals surface area contributed by atoms with Gasteiger partial charge < -0.3 is 5.11 Å². The van der Waals surface area contributed by atoms with Crippen molar-refractivity contribution in [2.45, 2.75) is 18.8 Å². The molecular formula is C13H11N3O4. The molecule has 1 fully saturated rings. The van der Waals surface area contributed by atoms with Gasteiger partial charge in [0, 0.05) is 12.6 Å². The van der Waals surface area contributed by atoms with E-state index in [4.69, 9.17) is 5.11 Å². The molecule has 2 aromatic rings.